The maximum absolute atomic E-state index is 13.9. The van der Waals surface area contributed by atoms with Crippen LogP contribution in [0.4, 0.5) is 10.1 Å². The van der Waals surface area contributed by atoms with Crippen LogP contribution in [0, 0.1) is 5.82 Å². The summed E-state index contributed by atoms with van der Waals surface area (Å²) in [6, 6.07) is 4.67. The van der Waals surface area contributed by atoms with E-state index in [-0.39, 0.29) is 25.0 Å². The van der Waals surface area contributed by atoms with Crippen molar-refractivity contribution in [3.05, 3.63) is 29.6 Å². The van der Waals surface area contributed by atoms with E-state index in [9.17, 15) is 9.50 Å². The molecule has 1 fully saturated rings. The predicted octanol–water partition coefficient (Wildman–Crippen LogP) is 0.482. The molecule has 0 aromatic heterocycles. The van der Waals surface area contributed by atoms with Gasteiger partial charge < -0.3 is 20.5 Å². The van der Waals surface area contributed by atoms with E-state index in [0.717, 1.165) is 5.56 Å². The summed E-state index contributed by atoms with van der Waals surface area (Å²) in [4.78, 5) is 1.85. The van der Waals surface area contributed by atoms with Gasteiger partial charge in [-0.3, -0.25) is 0 Å². The smallest absolute Gasteiger partial charge is 0.146 e. The van der Waals surface area contributed by atoms with Gasteiger partial charge in [-0.25, -0.2) is 4.39 Å². The average molecular weight is 240 g/mol. The molecular formula is C12H17FN2O2. The van der Waals surface area contributed by atoms with E-state index in [4.69, 9.17) is 10.5 Å². The molecule has 1 aliphatic heterocycles. The van der Waals surface area contributed by atoms with Crippen LogP contribution in [0.15, 0.2) is 18.2 Å². The molecule has 1 unspecified atom stereocenters. The van der Waals surface area contributed by atoms with Gasteiger partial charge in [-0.05, 0) is 11.6 Å². The van der Waals surface area contributed by atoms with Crippen LogP contribution in [0.5, 0.6) is 0 Å². The molecule has 0 spiro atoms. The molecular weight excluding hydrogens is 223 g/mol. The second-order valence-electron chi connectivity index (χ2n) is 4.06. The lowest BCUT2D eigenvalue weighted by molar-refractivity contribution is 0.0722. The Bertz CT molecular complexity index is 387. The molecule has 0 radical (unpaired) electrons. The van der Waals surface area contributed by atoms with Gasteiger partial charge in [0.2, 0.25) is 0 Å². The summed E-state index contributed by atoms with van der Waals surface area (Å²) >= 11 is 0. The highest BCUT2D eigenvalue weighted by Gasteiger charge is 2.26. The van der Waals surface area contributed by atoms with E-state index in [1.165, 1.54) is 6.07 Å². The minimum absolute atomic E-state index is 0.0572. The standard InChI is InChI=1S/C12H17FN2O2/c13-11-3-1-2-9(6-14)12(11)15-4-5-17-8-10(15)7-16/h1-3,10,16H,4-8,14H2. The van der Waals surface area contributed by atoms with Crippen molar-refractivity contribution >= 4 is 5.69 Å². The van der Waals surface area contributed by atoms with Gasteiger partial charge >= 0.3 is 0 Å². The normalized spacial score (nSPS) is 20.6. The van der Waals surface area contributed by atoms with E-state index in [1.807, 2.05) is 11.0 Å². The van der Waals surface area contributed by atoms with E-state index in [2.05, 4.69) is 0 Å². The third-order valence-electron chi connectivity index (χ3n) is 3.02. The Kier molecular flexibility index (Phi) is 3.93. The van der Waals surface area contributed by atoms with Crippen molar-refractivity contribution < 1.29 is 14.2 Å². The SMILES string of the molecule is NCc1cccc(F)c1N1CCOCC1CO. The predicted molar refractivity (Wildman–Crippen MR) is 63.3 cm³/mol. The Balaban J connectivity index is 2.36. The summed E-state index contributed by atoms with van der Waals surface area (Å²) in [5, 5.41) is 9.30. The molecule has 1 aromatic carbocycles. The number of para-hydroxylation sites is 1. The summed E-state index contributed by atoms with van der Waals surface area (Å²) < 4.78 is 19.2. The van der Waals surface area contributed by atoms with Crippen molar-refractivity contribution in [2.75, 3.05) is 31.3 Å². The number of nitrogens with zero attached hydrogens (tertiary/aromatic N) is 1. The molecule has 1 atom stereocenters. The van der Waals surface area contributed by atoms with Crippen LogP contribution in [0.3, 0.4) is 0 Å². The number of ether oxygens (including phenoxy) is 1. The first-order valence-corrected chi connectivity index (χ1v) is 5.70. The van der Waals surface area contributed by atoms with E-state index in [0.29, 0.717) is 25.4 Å². The molecule has 0 amide bonds. The van der Waals surface area contributed by atoms with Crippen molar-refractivity contribution in [2.24, 2.45) is 5.73 Å². The lowest BCUT2D eigenvalue weighted by Crippen LogP contribution is -2.48. The first-order chi connectivity index (χ1) is 8.27. The maximum Gasteiger partial charge on any atom is 0.146 e. The molecule has 5 heteroatoms. The Morgan fingerprint density at radius 2 is 2.35 bits per heavy atom. The van der Waals surface area contributed by atoms with Crippen LogP contribution in [-0.4, -0.2) is 37.5 Å². The molecule has 0 bridgehead atoms. The van der Waals surface area contributed by atoms with Crippen LogP contribution in [0.25, 0.3) is 0 Å². The number of anilines is 1. The zero-order chi connectivity index (χ0) is 12.3. The summed E-state index contributed by atoms with van der Waals surface area (Å²) in [7, 11) is 0. The third-order valence-corrected chi connectivity index (χ3v) is 3.02. The molecule has 1 saturated heterocycles. The van der Waals surface area contributed by atoms with E-state index >= 15 is 0 Å². The molecule has 2 rings (SSSR count). The highest BCUT2D eigenvalue weighted by atomic mass is 19.1. The van der Waals surface area contributed by atoms with Crippen molar-refractivity contribution in [2.45, 2.75) is 12.6 Å². The summed E-state index contributed by atoms with van der Waals surface area (Å²) in [5.41, 5.74) is 6.88. The summed E-state index contributed by atoms with van der Waals surface area (Å²) in [6.07, 6.45) is 0. The molecule has 1 heterocycles. The van der Waals surface area contributed by atoms with Gasteiger partial charge in [0.05, 0.1) is 31.5 Å². The van der Waals surface area contributed by atoms with Crippen LogP contribution in [0.2, 0.25) is 0 Å². The fourth-order valence-electron chi connectivity index (χ4n) is 2.15. The van der Waals surface area contributed by atoms with Crippen LogP contribution in [-0.2, 0) is 11.3 Å². The molecule has 1 aromatic rings. The first kappa shape index (κ1) is 12.3. The quantitative estimate of drug-likeness (QED) is 0.807. The minimum atomic E-state index is -0.298. The highest BCUT2D eigenvalue weighted by Crippen LogP contribution is 2.27. The number of hydrogen-bond acceptors (Lipinski definition) is 4. The van der Waals surface area contributed by atoms with Crippen molar-refractivity contribution in [3.8, 4) is 0 Å². The van der Waals surface area contributed by atoms with Gasteiger partial charge in [-0.15, -0.1) is 0 Å². The average Bonchev–Trinajstić information content (AvgIpc) is 2.38. The second kappa shape index (κ2) is 5.44. The summed E-state index contributed by atoms with van der Waals surface area (Å²) in [5.74, 6) is -0.298. The Morgan fingerprint density at radius 1 is 1.53 bits per heavy atom. The fraction of sp³-hybridized carbons (Fsp3) is 0.500. The number of halogens is 1. The lowest BCUT2D eigenvalue weighted by Gasteiger charge is -2.37. The monoisotopic (exact) mass is 240 g/mol. The molecule has 1 aliphatic rings. The van der Waals surface area contributed by atoms with Gasteiger partial charge in [-0.2, -0.15) is 0 Å². The van der Waals surface area contributed by atoms with Gasteiger partial charge in [0, 0.05) is 13.1 Å². The van der Waals surface area contributed by atoms with Crippen molar-refractivity contribution in [3.63, 3.8) is 0 Å². The zero-order valence-electron chi connectivity index (χ0n) is 9.60. The molecule has 0 saturated carbocycles. The molecule has 17 heavy (non-hydrogen) atoms. The van der Waals surface area contributed by atoms with Gasteiger partial charge in [0.25, 0.3) is 0 Å². The maximum atomic E-state index is 13.9. The van der Waals surface area contributed by atoms with Crippen molar-refractivity contribution in [1.82, 2.24) is 0 Å². The lowest BCUT2D eigenvalue weighted by atomic mass is 10.1. The Labute approximate surface area is 99.8 Å². The molecule has 0 aliphatic carbocycles. The number of hydrogen-bond donors (Lipinski definition) is 2. The highest BCUT2D eigenvalue weighted by molar-refractivity contribution is 5.56. The number of nitrogens with two attached hydrogens (primary N) is 1. The van der Waals surface area contributed by atoms with Crippen molar-refractivity contribution in [1.29, 1.82) is 0 Å². The van der Waals surface area contributed by atoms with Crippen LogP contribution >= 0.6 is 0 Å². The topological polar surface area (TPSA) is 58.7 Å². The third kappa shape index (κ3) is 2.41. The second-order valence-corrected chi connectivity index (χ2v) is 4.06. The number of aliphatic hydroxyl groups is 1. The fourth-order valence-corrected chi connectivity index (χ4v) is 2.15. The largest absolute Gasteiger partial charge is 0.394 e. The number of rotatable bonds is 3. The zero-order valence-corrected chi connectivity index (χ0v) is 9.60. The Hall–Kier alpha value is -1.17. The van der Waals surface area contributed by atoms with E-state index < -0.39 is 0 Å². The van der Waals surface area contributed by atoms with E-state index in [1.54, 1.807) is 6.07 Å². The molecule has 4 nitrogen and oxygen atoms in total. The molecule has 94 valence electrons. The molecule has 3 N–H and O–H groups in total. The Morgan fingerprint density at radius 3 is 3.06 bits per heavy atom. The van der Waals surface area contributed by atoms with Crippen LogP contribution < -0.4 is 10.6 Å². The van der Waals surface area contributed by atoms with Crippen LogP contribution in [0.1, 0.15) is 5.56 Å². The number of aliphatic hydroxyl groups excluding tert-OH is 1. The van der Waals surface area contributed by atoms with Gasteiger partial charge in [0.15, 0.2) is 0 Å². The summed E-state index contributed by atoms with van der Waals surface area (Å²) in [6.45, 7) is 1.74. The van der Waals surface area contributed by atoms with Gasteiger partial charge in [-0.1, -0.05) is 12.1 Å². The minimum Gasteiger partial charge on any atom is -0.394 e. The number of morpholine rings is 1. The first-order valence-electron chi connectivity index (χ1n) is 5.70. The number of benzene rings is 1. The van der Waals surface area contributed by atoms with Gasteiger partial charge in [0.1, 0.15) is 5.82 Å².